The third kappa shape index (κ3) is 1.97. The summed E-state index contributed by atoms with van der Waals surface area (Å²) in [5.41, 5.74) is 1.84. The number of rotatable bonds is 3. The molecule has 0 bridgehead atoms. The molecule has 3 aromatic rings. The molecule has 0 spiro atoms. The molecule has 0 unspecified atom stereocenters. The van der Waals surface area contributed by atoms with Crippen LogP contribution in [0.2, 0.25) is 0 Å². The summed E-state index contributed by atoms with van der Waals surface area (Å²) in [6, 6.07) is 5.83. The molecule has 3 rings (SSSR count). The Bertz CT molecular complexity index is 756. The number of nitrogens with zero attached hydrogens (tertiary/aromatic N) is 5. The van der Waals surface area contributed by atoms with Gasteiger partial charge in [0.2, 0.25) is 4.96 Å². The summed E-state index contributed by atoms with van der Waals surface area (Å²) in [5, 5.41) is 14.4. The lowest BCUT2D eigenvalue weighted by Crippen LogP contribution is -1.93. The van der Waals surface area contributed by atoms with Crippen LogP contribution in [0.4, 0.5) is 0 Å². The minimum atomic E-state index is 0.418. The van der Waals surface area contributed by atoms with E-state index in [4.69, 9.17) is 4.74 Å². The lowest BCUT2D eigenvalue weighted by Gasteiger charge is -1.95. The van der Waals surface area contributed by atoms with Gasteiger partial charge in [0.25, 0.3) is 0 Å². The molecule has 0 aliphatic rings. The van der Waals surface area contributed by atoms with Gasteiger partial charge in [-0.05, 0) is 12.1 Å². The van der Waals surface area contributed by atoms with Gasteiger partial charge in [-0.3, -0.25) is 4.98 Å². The van der Waals surface area contributed by atoms with Gasteiger partial charge in [-0.1, -0.05) is 11.3 Å². The van der Waals surface area contributed by atoms with Gasteiger partial charge < -0.3 is 4.74 Å². The zero-order valence-corrected chi connectivity index (χ0v) is 10.9. The van der Waals surface area contributed by atoms with Gasteiger partial charge in [-0.2, -0.15) is 14.9 Å². The number of nitriles is 1. The maximum Gasteiger partial charge on any atom is 0.214 e. The van der Waals surface area contributed by atoms with Crippen molar-refractivity contribution in [3.8, 4) is 17.3 Å². The van der Waals surface area contributed by atoms with E-state index in [1.54, 1.807) is 24.0 Å². The number of pyridine rings is 1. The quantitative estimate of drug-likeness (QED) is 0.726. The summed E-state index contributed by atoms with van der Waals surface area (Å²) >= 11 is 1.41. The Hall–Kier alpha value is -2.30. The standard InChI is InChI=1S/C12H9N5OS/c1-18-7-10-16-17-9(5-13)11(15-12(17)19-10)8-3-2-4-14-6-8/h2-4,6H,7H2,1H3. The van der Waals surface area contributed by atoms with Crippen LogP contribution in [0.25, 0.3) is 16.2 Å². The highest BCUT2D eigenvalue weighted by Crippen LogP contribution is 2.26. The molecular formula is C12H9N5OS. The number of fused-ring (bicyclic) bond motifs is 1. The lowest BCUT2D eigenvalue weighted by molar-refractivity contribution is 0.183. The van der Waals surface area contributed by atoms with E-state index in [0.29, 0.717) is 23.0 Å². The normalized spacial score (nSPS) is 10.7. The van der Waals surface area contributed by atoms with Crippen LogP contribution in [0.15, 0.2) is 24.5 Å². The van der Waals surface area contributed by atoms with E-state index >= 15 is 0 Å². The summed E-state index contributed by atoms with van der Waals surface area (Å²) < 4.78 is 6.59. The van der Waals surface area contributed by atoms with E-state index in [0.717, 1.165) is 10.6 Å². The highest BCUT2D eigenvalue weighted by molar-refractivity contribution is 7.16. The zero-order valence-electron chi connectivity index (χ0n) is 10.1. The molecule has 0 radical (unpaired) electrons. The largest absolute Gasteiger partial charge is 0.377 e. The van der Waals surface area contributed by atoms with Crippen molar-refractivity contribution in [2.24, 2.45) is 0 Å². The Morgan fingerprint density at radius 3 is 3.11 bits per heavy atom. The number of ether oxygens (including phenoxy) is 1. The van der Waals surface area contributed by atoms with Crippen molar-refractivity contribution < 1.29 is 4.74 Å². The molecule has 0 fully saturated rings. The van der Waals surface area contributed by atoms with Gasteiger partial charge in [0.15, 0.2) is 5.69 Å². The second kappa shape index (κ2) is 4.76. The van der Waals surface area contributed by atoms with E-state index in [9.17, 15) is 5.26 Å². The first-order valence-electron chi connectivity index (χ1n) is 5.51. The van der Waals surface area contributed by atoms with Crippen molar-refractivity contribution in [3.63, 3.8) is 0 Å². The predicted octanol–water partition coefficient (Wildman–Crippen LogP) is 1.87. The molecule has 0 atom stereocenters. The lowest BCUT2D eigenvalue weighted by atomic mass is 10.2. The number of hydrogen-bond donors (Lipinski definition) is 0. The number of imidazole rings is 1. The van der Waals surface area contributed by atoms with E-state index in [2.05, 4.69) is 21.1 Å². The Labute approximate surface area is 112 Å². The SMILES string of the molecule is COCc1nn2c(C#N)c(-c3cccnc3)nc2s1. The zero-order chi connectivity index (χ0) is 13.2. The van der Waals surface area contributed by atoms with Crippen LogP contribution in [0.3, 0.4) is 0 Å². The van der Waals surface area contributed by atoms with Crippen LogP contribution in [-0.2, 0) is 11.3 Å². The van der Waals surface area contributed by atoms with Crippen molar-refractivity contribution in [1.82, 2.24) is 19.6 Å². The fourth-order valence-electron chi connectivity index (χ4n) is 1.77. The Balaban J connectivity index is 2.17. The fraction of sp³-hybridized carbons (Fsp3) is 0.167. The van der Waals surface area contributed by atoms with E-state index in [1.807, 2.05) is 12.1 Å². The Morgan fingerprint density at radius 1 is 1.53 bits per heavy atom. The summed E-state index contributed by atoms with van der Waals surface area (Å²) in [6.07, 6.45) is 3.37. The van der Waals surface area contributed by atoms with Gasteiger partial charge in [0.05, 0.1) is 6.61 Å². The Kier molecular flexibility index (Phi) is 2.95. The van der Waals surface area contributed by atoms with Gasteiger partial charge in [-0.15, -0.1) is 0 Å². The highest BCUT2D eigenvalue weighted by Gasteiger charge is 2.17. The van der Waals surface area contributed by atoms with Crippen LogP contribution in [-0.4, -0.2) is 26.7 Å². The molecule has 0 aliphatic carbocycles. The summed E-state index contributed by atoms with van der Waals surface area (Å²) in [4.78, 5) is 9.18. The van der Waals surface area contributed by atoms with Crippen molar-refractivity contribution in [2.75, 3.05) is 7.11 Å². The van der Waals surface area contributed by atoms with E-state index in [-0.39, 0.29) is 0 Å². The second-order valence-electron chi connectivity index (χ2n) is 3.79. The fourth-order valence-corrected chi connectivity index (χ4v) is 2.64. The molecule has 0 saturated heterocycles. The molecular weight excluding hydrogens is 262 g/mol. The average molecular weight is 271 g/mol. The molecule has 0 saturated carbocycles. The van der Waals surface area contributed by atoms with Gasteiger partial charge in [-0.25, -0.2) is 4.98 Å². The van der Waals surface area contributed by atoms with Crippen LogP contribution in [0.1, 0.15) is 10.7 Å². The molecule has 6 nitrogen and oxygen atoms in total. The van der Waals surface area contributed by atoms with E-state index in [1.165, 1.54) is 11.3 Å². The third-order valence-corrected chi connectivity index (χ3v) is 3.44. The molecule has 94 valence electrons. The van der Waals surface area contributed by atoms with Crippen molar-refractivity contribution in [3.05, 3.63) is 35.2 Å². The molecule has 0 N–H and O–H groups in total. The minimum absolute atomic E-state index is 0.418. The molecule has 7 heteroatoms. The first-order valence-corrected chi connectivity index (χ1v) is 6.33. The minimum Gasteiger partial charge on any atom is -0.377 e. The summed E-state index contributed by atoms with van der Waals surface area (Å²) in [6.45, 7) is 0.418. The van der Waals surface area contributed by atoms with Crippen LogP contribution in [0.5, 0.6) is 0 Å². The van der Waals surface area contributed by atoms with Crippen LogP contribution >= 0.6 is 11.3 Å². The summed E-state index contributed by atoms with van der Waals surface area (Å²) in [5.74, 6) is 0. The van der Waals surface area contributed by atoms with Gasteiger partial charge in [0.1, 0.15) is 16.8 Å². The average Bonchev–Trinajstić information content (AvgIpc) is 2.96. The predicted molar refractivity (Wildman–Crippen MR) is 69.5 cm³/mol. The van der Waals surface area contributed by atoms with Crippen LogP contribution in [0, 0.1) is 11.3 Å². The number of methoxy groups -OCH3 is 1. The van der Waals surface area contributed by atoms with E-state index < -0.39 is 0 Å². The van der Waals surface area contributed by atoms with Crippen molar-refractivity contribution in [2.45, 2.75) is 6.61 Å². The second-order valence-corrected chi connectivity index (χ2v) is 4.83. The third-order valence-electron chi connectivity index (χ3n) is 2.55. The van der Waals surface area contributed by atoms with Crippen LogP contribution < -0.4 is 0 Å². The molecule has 0 aromatic carbocycles. The molecule has 0 aliphatic heterocycles. The molecule has 19 heavy (non-hydrogen) atoms. The molecule has 0 amide bonds. The Morgan fingerprint density at radius 2 is 2.42 bits per heavy atom. The molecule has 3 heterocycles. The summed E-state index contributed by atoms with van der Waals surface area (Å²) in [7, 11) is 1.61. The molecule has 3 aromatic heterocycles. The number of aromatic nitrogens is 4. The smallest absolute Gasteiger partial charge is 0.214 e. The maximum absolute atomic E-state index is 9.31. The maximum atomic E-state index is 9.31. The topological polar surface area (TPSA) is 76.1 Å². The first-order chi connectivity index (χ1) is 9.33. The monoisotopic (exact) mass is 271 g/mol. The van der Waals surface area contributed by atoms with Crippen molar-refractivity contribution >= 4 is 16.3 Å². The highest BCUT2D eigenvalue weighted by atomic mass is 32.1. The van der Waals surface area contributed by atoms with Crippen molar-refractivity contribution in [1.29, 1.82) is 5.26 Å². The number of hydrogen-bond acceptors (Lipinski definition) is 6. The first kappa shape index (κ1) is 11.8. The van der Waals surface area contributed by atoms with Gasteiger partial charge in [0, 0.05) is 25.1 Å². The van der Waals surface area contributed by atoms with Gasteiger partial charge >= 0.3 is 0 Å².